The topological polar surface area (TPSA) is 113 Å². The Kier molecular flexibility index (Phi) is 12.7. The summed E-state index contributed by atoms with van der Waals surface area (Å²) in [7, 11) is 1.74. The molecule has 3 aliphatic rings. The van der Waals surface area contributed by atoms with E-state index in [1.165, 1.54) is 34.7 Å². The Labute approximate surface area is 294 Å². The van der Waals surface area contributed by atoms with E-state index in [0.717, 1.165) is 50.1 Å². The number of carbonyl (C=O) groups excluding carboxylic acids is 3. The number of hydrogen-bond donors (Lipinski definition) is 2. The molecule has 0 aromatic heterocycles. The van der Waals surface area contributed by atoms with E-state index < -0.39 is 11.9 Å². The molecule has 2 saturated heterocycles. The van der Waals surface area contributed by atoms with Gasteiger partial charge in [0, 0.05) is 70.3 Å². The van der Waals surface area contributed by atoms with Gasteiger partial charge in [-0.15, -0.1) is 0 Å². The van der Waals surface area contributed by atoms with Gasteiger partial charge in [0.1, 0.15) is 11.7 Å². The maximum Gasteiger partial charge on any atom is 0.337 e. The van der Waals surface area contributed by atoms with E-state index in [9.17, 15) is 18.8 Å². The summed E-state index contributed by atoms with van der Waals surface area (Å²) in [6.45, 7) is 10.9. The number of nitrogens with one attached hydrogen (secondary N) is 2. The van der Waals surface area contributed by atoms with E-state index in [1.807, 2.05) is 24.3 Å². The van der Waals surface area contributed by atoms with Crippen molar-refractivity contribution in [1.29, 1.82) is 0 Å². The van der Waals surface area contributed by atoms with Crippen LogP contribution in [-0.4, -0.2) is 95.9 Å². The number of anilines is 1. The van der Waals surface area contributed by atoms with Gasteiger partial charge in [-0.2, -0.15) is 0 Å². The lowest BCUT2D eigenvalue weighted by atomic mass is 9.89. The van der Waals surface area contributed by atoms with Crippen molar-refractivity contribution >= 4 is 35.6 Å². The van der Waals surface area contributed by atoms with Crippen LogP contribution in [0.3, 0.4) is 0 Å². The molecule has 1 aliphatic carbocycles. The van der Waals surface area contributed by atoms with E-state index in [0.29, 0.717) is 37.4 Å². The summed E-state index contributed by atoms with van der Waals surface area (Å²) < 4.78 is 13.8. The molecule has 5 rings (SSSR count). The first-order valence-electron chi connectivity index (χ1n) is 17.5. The van der Waals surface area contributed by atoms with Crippen LogP contribution in [0.4, 0.5) is 14.9 Å². The van der Waals surface area contributed by atoms with Gasteiger partial charge in [0.25, 0.3) is 5.91 Å². The maximum absolute atomic E-state index is 14.2. The highest BCUT2D eigenvalue weighted by molar-refractivity contribution is 6.28. The van der Waals surface area contributed by atoms with Gasteiger partial charge in [0.05, 0.1) is 24.5 Å². The van der Waals surface area contributed by atoms with Gasteiger partial charge in [-0.05, 0) is 75.3 Å². The molecule has 0 atom stereocenters. The van der Waals surface area contributed by atoms with Gasteiger partial charge in [-0.3, -0.25) is 29.3 Å². The first-order valence-corrected chi connectivity index (χ1v) is 17.5. The molecule has 11 nitrogen and oxygen atoms in total. The Hall–Kier alpha value is -4.68. The smallest absolute Gasteiger partial charge is 0.337 e. The second kappa shape index (κ2) is 17.3. The predicted octanol–water partition coefficient (Wildman–Crippen LogP) is 5.46. The molecule has 2 aromatic carbocycles. The number of urea groups is 1. The molecule has 4 amide bonds. The molecule has 0 unspecified atom stereocenters. The van der Waals surface area contributed by atoms with Crippen LogP contribution in [0, 0.1) is 0 Å². The molecule has 0 spiro atoms. The fraction of sp³-hybridized carbons (Fsp3) is 0.447. The number of carbonyl (C=O) groups is 3. The summed E-state index contributed by atoms with van der Waals surface area (Å²) in [5, 5.41) is 5.76. The Balaban J connectivity index is 1.29. The third-order valence-electron chi connectivity index (χ3n) is 9.49. The second-order valence-corrected chi connectivity index (χ2v) is 13.4. The molecule has 2 heterocycles. The monoisotopic (exact) mass is 684 g/mol. The zero-order chi connectivity index (χ0) is 35.6. The van der Waals surface area contributed by atoms with Crippen LogP contribution in [0.25, 0.3) is 11.1 Å². The van der Waals surface area contributed by atoms with Gasteiger partial charge >= 0.3 is 6.03 Å². The number of amides is 4. The molecular formula is C38H49FN8O3. The maximum atomic E-state index is 14.2. The van der Waals surface area contributed by atoms with E-state index in [1.54, 1.807) is 13.2 Å². The first kappa shape index (κ1) is 36.6. The highest BCUT2D eigenvalue weighted by atomic mass is 19.1. The number of hydrogen-bond acceptors (Lipinski definition) is 8. The fourth-order valence-electron chi connectivity index (χ4n) is 6.78. The van der Waals surface area contributed by atoms with Crippen molar-refractivity contribution in [3.8, 4) is 11.1 Å². The zero-order valence-corrected chi connectivity index (χ0v) is 29.5. The zero-order valence-electron chi connectivity index (χ0n) is 29.5. The van der Waals surface area contributed by atoms with Crippen LogP contribution in [0.1, 0.15) is 58.4 Å². The lowest BCUT2D eigenvalue weighted by Gasteiger charge is -2.41. The van der Waals surface area contributed by atoms with Crippen LogP contribution in [0.5, 0.6) is 0 Å². The highest BCUT2D eigenvalue weighted by Crippen LogP contribution is 2.32. The summed E-state index contributed by atoms with van der Waals surface area (Å²) in [5.41, 5.74) is 3.70. The third-order valence-corrected chi connectivity index (χ3v) is 9.49. The van der Waals surface area contributed by atoms with Gasteiger partial charge in [-0.1, -0.05) is 36.4 Å². The summed E-state index contributed by atoms with van der Waals surface area (Å²) >= 11 is 0. The normalized spacial score (nSPS) is 22.4. The van der Waals surface area contributed by atoms with E-state index in [4.69, 9.17) is 0 Å². The van der Waals surface area contributed by atoms with Crippen molar-refractivity contribution in [1.82, 2.24) is 25.3 Å². The van der Waals surface area contributed by atoms with Crippen LogP contribution in [0.15, 0.2) is 82.9 Å². The fourth-order valence-corrected chi connectivity index (χ4v) is 6.78. The van der Waals surface area contributed by atoms with Gasteiger partial charge in [0.2, 0.25) is 5.91 Å². The van der Waals surface area contributed by atoms with Crippen molar-refractivity contribution in [2.24, 2.45) is 9.98 Å². The Morgan fingerprint density at radius 2 is 1.72 bits per heavy atom. The molecule has 2 N–H and O–H groups in total. The molecule has 3 fully saturated rings. The van der Waals surface area contributed by atoms with E-state index >= 15 is 0 Å². The number of nitrogens with zero attached hydrogens (tertiary/aromatic N) is 6. The molecule has 1 saturated carbocycles. The minimum atomic E-state index is -0.529. The minimum absolute atomic E-state index is 0.0856. The molecule has 50 heavy (non-hydrogen) atoms. The van der Waals surface area contributed by atoms with Crippen LogP contribution in [0.2, 0.25) is 0 Å². The van der Waals surface area contributed by atoms with Crippen molar-refractivity contribution in [2.75, 3.05) is 38.1 Å². The molecule has 2 aliphatic heterocycles. The van der Waals surface area contributed by atoms with E-state index in [2.05, 4.69) is 68.5 Å². The highest BCUT2D eigenvalue weighted by Gasteiger charge is 2.42. The number of rotatable bonds is 11. The number of aliphatic imine (C=N–C) groups is 2. The average molecular weight is 685 g/mol. The summed E-state index contributed by atoms with van der Waals surface area (Å²) in [6.07, 6.45) is 7.52. The van der Waals surface area contributed by atoms with Crippen molar-refractivity contribution < 1.29 is 18.8 Å². The van der Waals surface area contributed by atoms with Gasteiger partial charge in [0.15, 0.2) is 0 Å². The van der Waals surface area contributed by atoms with Gasteiger partial charge < -0.3 is 10.6 Å². The molecular weight excluding hydrogens is 635 g/mol. The van der Waals surface area contributed by atoms with Crippen molar-refractivity contribution in [2.45, 2.75) is 77.5 Å². The lowest BCUT2D eigenvalue weighted by molar-refractivity contribution is -0.130. The SMILES string of the molecule is CN/C=C\N=CC(=O)NC1CCC(N2C(=O)CC(=N/C=C(\C)F)N(c3cccc(-c4ccc(CN5CCN(C(C)C)CC5)cc4)c3)C2=O)CC1. The molecule has 0 radical (unpaired) electrons. The predicted molar refractivity (Wildman–Crippen MR) is 196 cm³/mol. The summed E-state index contributed by atoms with van der Waals surface area (Å²) in [6, 6.07) is 15.7. The van der Waals surface area contributed by atoms with Crippen LogP contribution < -0.4 is 15.5 Å². The largest absolute Gasteiger partial charge is 0.393 e. The number of imide groups is 1. The Morgan fingerprint density at radius 1 is 1.00 bits per heavy atom. The average Bonchev–Trinajstić information content (AvgIpc) is 3.10. The quantitative estimate of drug-likeness (QED) is 0.305. The third kappa shape index (κ3) is 9.51. The minimum Gasteiger partial charge on any atom is -0.393 e. The molecule has 2 aromatic rings. The van der Waals surface area contributed by atoms with Crippen molar-refractivity contribution in [3.63, 3.8) is 0 Å². The number of amidine groups is 1. The summed E-state index contributed by atoms with van der Waals surface area (Å²) in [5.74, 6) is -1.02. The molecule has 266 valence electrons. The standard InChI is InChI=1S/C38H49FN8O3/c1-27(2)45-20-18-44(19-21-45)26-29-8-10-30(11-9-29)31-6-5-7-34(22-31)46-35(42-24-28(3)39)23-37(49)47(38(46)50)33-14-12-32(13-15-33)43-36(48)25-41-17-16-40-4/h5-11,16-17,22,24-25,27,32-33,40H,12-15,18-21,23,26H2,1-4H3,(H,43,48)/b17-16-,28-24+,41-25?,42-35?. The van der Waals surface area contributed by atoms with Gasteiger partial charge in [-0.25, -0.2) is 19.1 Å². The molecule has 12 heteroatoms. The van der Waals surface area contributed by atoms with Crippen LogP contribution >= 0.6 is 0 Å². The Morgan fingerprint density at radius 3 is 2.38 bits per heavy atom. The second-order valence-electron chi connectivity index (χ2n) is 13.4. The van der Waals surface area contributed by atoms with E-state index in [-0.39, 0.29) is 36.2 Å². The van der Waals surface area contributed by atoms with Crippen molar-refractivity contribution in [3.05, 3.63) is 78.5 Å². The van der Waals surface area contributed by atoms with Crippen LogP contribution in [-0.2, 0) is 16.1 Å². The number of piperazine rings is 1. The number of allylic oxidation sites excluding steroid dienone is 1. The first-order chi connectivity index (χ1) is 24.1. The summed E-state index contributed by atoms with van der Waals surface area (Å²) in [4.78, 5) is 55.9. The molecule has 0 bridgehead atoms. The number of halogens is 1. The lowest BCUT2D eigenvalue weighted by Crippen LogP contribution is -2.59. The Bertz CT molecular complexity index is 1620. The number of benzene rings is 2.